The summed E-state index contributed by atoms with van der Waals surface area (Å²) in [6.45, 7) is 2.00. The van der Waals surface area contributed by atoms with E-state index in [1.165, 1.54) is 23.1 Å². The molecule has 0 unspecified atom stereocenters. The number of aromatic nitrogens is 1. The second-order valence-electron chi connectivity index (χ2n) is 1.81. The lowest BCUT2D eigenvalue weighted by Gasteiger charge is -1.92. The quantitative estimate of drug-likeness (QED) is 0.630. The number of hydrogen-bond acceptors (Lipinski definition) is 4. The molecule has 0 aliphatic heterocycles. The van der Waals surface area contributed by atoms with Crippen LogP contribution in [0.15, 0.2) is 8.94 Å². The van der Waals surface area contributed by atoms with Gasteiger partial charge in [0.1, 0.15) is 9.90 Å². The van der Waals surface area contributed by atoms with E-state index in [4.69, 9.17) is 11.6 Å². The largest absolute Gasteiger partial charge is 0.275 e. The number of nitrogens with zero attached hydrogens (tertiary/aromatic N) is 1. The Morgan fingerprint density at radius 3 is 3.00 bits per heavy atom. The van der Waals surface area contributed by atoms with Crippen LogP contribution in [0.4, 0.5) is 0 Å². The summed E-state index contributed by atoms with van der Waals surface area (Å²) in [7, 11) is 0. The van der Waals surface area contributed by atoms with Gasteiger partial charge in [0.2, 0.25) is 0 Å². The van der Waals surface area contributed by atoms with Crippen molar-refractivity contribution in [2.24, 2.45) is 0 Å². The van der Waals surface area contributed by atoms with Gasteiger partial charge in [-0.2, -0.15) is 0 Å². The Hall–Kier alpha value is 0.420. The van der Waals surface area contributed by atoms with Gasteiger partial charge in [0.25, 0.3) is 5.24 Å². The maximum absolute atomic E-state index is 10.9. The maximum atomic E-state index is 10.9. The Kier molecular flexibility index (Phi) is 4.02. The summed E-state index contributed by atoms with van der Waals surface area (Å²) in [5, 5.41) is 0.281. The number of hydrogen-bond donors (Lipinski definition) is 0. The van der Waals surface area contributed by atoms with Crippen molar-refractivity contribution in [2.45, 2.75) is 11.9 Å². The molecule has 0 spiro atoms. The zero-order valence-electron chi connectivity index (χ0n) is 6.13. The van der Waals surface area contributed by atoms with E-state index in [1.807, 2.05) is 6.92 Å². The van der Waals surface area contributed by atoms with Crippen molar-refractivity contribution in [2.75, 3.05) is 5.75 Å². The van der Waals surface area contributed by atoms with Crippen LogP contribution >= 0.6 is 50.6 Å². The Balaban J connectivity index is 2.99. The van der Waals surface area contributed by atoms with E-state index in [0.717, 1.165) is 10.8 Å². The van der Waals surface area contributed by atoms with Gasteiger partial charge in [0.05, 0.1) is 0 Å². The number of halogens is 2. The number of carbonyl (C=O) groups excluding carboxylic acids is 1. The lowest BCUT2D eigenvalue weighted by Crippen LogP contribution is -1.86. The monoisotopic (exact) mass is 285 g/mol. The van der Waals surface area contributed by atoms with Crippen LogP contribution in [0, 0.1) is 0 Å². The van der Waals surface area contributed by atoms with Gasteiger partial charge in [-0.05, 0) is 33.3 Å². The molecule has 1 aromatic heterocycles. The first-order valence-electron chi connectivity index (χ1n) is 3.14. The van der Waals surface area contributed by atoms with E-state index in [2.05, 4.69) is 20.9 Å². The molecule has 6 heteroatoms. The SMILES string of the molecule is CCSc1nc(Br)sc1C(=O)Cl. The number of thiazole rings is 1. The van der Waals surface area contributed by atoms with Crippen LogP contribution in [0.5, 0.6) is 0 Å². The van der Waals surface area contributed by atoms with Crippen molar-refractivity contribution < 1.29 is 4.79 Å². The number of carbonyl (C=O) groups is 1. The molecule has 1 aromatic rings. The van der Waals surface area contributed by atoms with Gasteiger partial charge in [-0.3, -0.25) is 4.79 Å². The van der Waals surface area contributed by atoms with E-state index in [0.29, 0.717) is 8.79 Å². The molecule has 0 amide bonds. The first-order chi connectivity index (χ1) is 5.65. The standard InChI is InChI=1S/C6H5BrClNOS2/c1-2-11-5-3(4(8)10)12-6(7)9-5/h2H2,1H3. The van der Waals surface area contributed by atoms with Gasteiger partial charge in [-0.1, -0.05) is 6.92 Å². The normalized spacial score (nSPS) is 10.2. The highest BCUT2D eigenvalue weighted by Crippen LogP contribution is 2.31. The minimum absolute atomic E-state index is 0.436. The Labute approximate surface area is 91.8 Å². The Morgan fingerprint density at radius 1 is 1.83 bits per heavy atom. The smallest absolute Gasteiger partial charge is 0.265 e. The fourth-order valence-corrected chi connectivity index (χ4v) is 3.21. The molecule has 0 aromatic carbocycles. The summed E-state index contributed by atoms with van der Waals surface area (Å²) < 4.78 is 0.697. The molecule has 0 bridgehead atoms. The highest BCUT2D eigenvalue weighted by Gasteiger charge is 2.14. The van der Waals surface area contributed by atoms with E-state index in [1.54, 1.807) is 0 Å². The van der Waals surface area contributed by atoms with E-state index >= 15 is 0 Å². The highest BCUT2D eigenvalue weighted by molar-refractivity contribution is 9.11. The van der Waals surface area contributed by atoms with Crippen LogP contribution in [0.1, 0.15) is 16.6 Å². The molecule has 12 heavy (non-hydrogen) atoms. The third-order valence-electron chi connectivity index (χ3n) is 1.03. The highest BCUT2D eigenvalue weighted by atomic mass is 79.9. The molecular formula is C6H5BrClNOS2. The molecule has 0 saturated carbocycles. The molecule has 0 fully saturated rings. The number of thioether (sulfide) groups is 1. The third-order valence-corrected chi connectivity index (χ3v) is 3.82. The summed E-state index contributed by atoms with van der Waals surface area (Å²) in [5.74, 6) is 0.882. The zero-order chi connectivity index (χ0) is 9.14. The Bertz CT molecular complexity index is 302. The van der Waals surface area contributed by atoms with Gasteiger partial charge in [-0.25, -0.2) is 4.98 Å². The summed E-state index contributed by atoms with van der Waals surface area (Å²) in [6.07, 6.45) is 0. The average molecular weight is 287 g/mol. The van der Waals surface area contributed by atoms with Gasteiger partial charge in [0, 0.05) is 0 Å². The molecule has 1 rings (SSSR count). The van der Waals surface area contributed by atoms with Crippen LogP contribution in [0.3, 0.4) is 0 Å². The molecule has 66 valence electrons. The average Bonchev–Trinajstić information content (AvgIpc) is 2.32. The first kappa shape index (κ1) is 10.5. The minimum atomic E-state index is -0.436. The van der Waals surface area contributed by atoms with Crippen LogP contribution in [0.25, 0.3) is 0 Å². The molecule has 2 nitrogen and oxygen atoms in total. The minimum Gasteiger partial charge on any atom is -0.275 e. The van der Waals surface area contributed by atoms with Crippen molar-refractivity contribution in [3.63, 3.8) is 0 Å². The fraction of sp³-hybridized carbons (Fsp3) is 0.333. The van der Waals surface area contributed by atoms with E-state index in [-0.39, 0.29) is 0 Å². The van der Waals surface area contributed by atoms with Gasteiger partial charge >= 0.3 is 0 Å². The topological polar surface area (TPSA) is 30.0 Å². The zero-order valence-corrected chi connectivity index (χ0v) is 10.1. The van der Waals surface area contributed by atoms with Crippen LogP contribution in [-0.4, -0.2) is 16.0 Å². The van der Waals surface area contributed by atoms with Gasteiger partial charge in [-0.15, -0.1) is 23.1 Å². The van der Waals surface area contributed by atoms with Gasteiger partial charge < -0.3 is 0 Å². The van der Waals surface area contributed by atoms with Crippen molar-refractivity contribution in [3.05, 3.63) is 8.79 Å². The lowest BCUT2D eigenvalue weighted by molar-refractivity contribution is 0.108. The predicted octanol–water partition coefficient (Wildman–Crippen LogP) is 3.40. The second-order valence-corrected chi connectivity index (χ2v) is 5.68. The summed E-state index contributed by atoms with van der Waals surface area (Å²) in [5.41, 5.74) is 0. The molecule has 0 aliphatic carbocycles. The van der Waals surface area contributed by atoms with Crippen LogP contribution < -0.4 is 0 Å². The lowest BCUT2D eigenvalue weighted by atomic mass is 10.6. The van der Waals surface area contributed by atoms with Gasteiger partial charge in [0.15, 0.2) is 3.92 Å². The Morgan fingerprint density at radius 2 is 2.50 bits per heavy atom. The van der Waals surface area contributed by atoms with Crippen LogP contribution in [-0.2, 0) is 0 Å². The molecule has 1 heterocycles. The predicted molar refractivity (Wildman–Crippen MR) is 56.4 cm³/mol. The molecule has 0 saturated heterocycles. The molecule has 0 aliphatic rings. The summed E-state index contributed by atoms with van der Waals surface area (Å²) in [6, 6.07) is 0. The van der Waals surface area contributed by atoms with Crippen molar-refractivity contribution in [1.29, 1.82) is 0 Å². The van der Waals surface area contributed by atoms with Crippen molar-refractivity contribution in [1.82, 2.24) is 4.98 Å². The first-order valence-corrected chi connectivity index (χ1v) is 6.11. The number of rotatable bonds is 3. The summed E-state index contributed by atoms with van der Waals surface area (Å²) >= 11 is 11.3. The second kappa shape index (κ2) is 4.60. The summed E-state index contributed by atoms with van der Waals surface area (Å²) in [4.78, 5) is 15.5. The van der Waals surface area contributed by atoms with E-state index in [9.17, 15) is 4.79 Å². The molecule has 0 N–H and O–H groups in total. The molecule has 0 radical (unpaired) electrons. The fourth-order valence-electron chi connectivity index (χ4n) is 0.640. The van der Waals surface area contributed by atoms with Crippen molar-refractivity contribution in [3.8, 4) is 0 Å². The van der Waals surface area contributed by atoms with E-state index < -0.39 is 5.24 Å². The maximum Gasteiger partial charge on any atom is 0.265 e. The molecular weight excluding hydrogens is 282 g/mol. The van der Waals surface area contributed by atoms with Crippen LogP contribution in [0.2, 0.25) is 0 Å². The third kappa shape index (κ3) is 2.45. The van der Waals surface area contributed by atoms with Crippen molar-refractivity contribution >= 4 is 55.9 Å². The molecule has 0 atom stereocenters.